The molecule has 1 amide bonds. The minimum atomic E-state index is -0.919. The van der Waals surface area contributed by atoms with E-state index in [1.54, 1.807) is 20.8 Å². The summed E-state index contributed by atoms with van der Waals surface area (Å²) < 4.78 is 0. The highest BCUT2D eigenvalue weighted by atomic mass is 16.3. The first-order valence-corrected chi connectivity index (χ1v) is 7.16. The Labute approximate surface area is 125 Å². The number of nitrogens with one attached hydrogen (secondary N) is 2. The minimum Gasteiger partial charge on any atom is -0.388 e. The molecule has 1 heterocycles. The van der Waals surface area contributed by atoms with Crippen molar-refractivity contribution in [3.8, 4) is 0 Å². The van der Waals surface area contributed by atoms with Gasteiger partial charge in [-0.1, -0.05) is 13.8 Å². The fourth-order valence-electron chi connectivity index (χ4n) is 2.48. The van der Waals surface area contributed by atoms with E-state index < -0.39 is 11.3 Å². The number of aromatic amines is 1. The first kappa shape index (κ1) is 17.4. The average Bonchev–Trinajstić information content (AvgIpc) is 2.29. The zero-order valence-electron chi connectivity index (χ0n) is 13.4. The Morgan fingerprint density at radius 1 is 1.43 bits per heavy atom. The number of rotatable bonds is 6. The lowest BCUT2D eigenvalue weighted by Crippen LogP contribution is -2.42. The van der Waals surface area contributed by atoms with Crippen LogP contribution in [0.3, 0.4) is 0 Å². The lowest BCUT2D eigenvalue weighted by Gasteiger charge is -2.25. The molecule has 3 N–H and O–H groups in total. The van der Waals surface area contributed by atoms with Crippen LogP contribution >= 0.6 is 0 Å². The summed E-state index contributed by atoms with van der Waals surface area (Å²) in [7, 11) is 0. The Bertz CT molecular complexity index is 536. The number of aliphatic hydroxyl groups is 1. The molecule has 1 rings (SSSR count). The molecule has 6 nitrogen and oxygen atoms in total. The lowest BCUT2D eigenvalue weighted by molar-refractivity contribution is -0.121. The summed E-state index contributed by atoms with van der Waals surface area (Å²) in [6, 6.07) is 0. The van der Waals surface area contributed by atoms with Crippen molar-refractivity contribution < 1.29 is 9.90 Å². The zero-order chi connectivity index (χ0) is 16.2. The molecule has 0 saturated carbocycles. The molecular formula is C15H25N3O3. The van der Waals surface area contributed by atoms with Crippen molar-refractivity contribution in [1.29, 1.82) is 0 Å². The van der Waals surface area contributed by atoms with Crippen molar-refractivity contribution in [2.45, 2.75) is 53.1 Å². The quantitative estimate of drug-likeness (QED) is 0.725. The van der Waals surface area contributed by atoms with Crippen molar-refractivity contribution in [2.75, 3.05) is 6.54 Å². The van der Waals surface area contributed by atoms with Gasteiger partial charge in [-0.25, -0.2) is 4.79 Å². The summed E-state index contributed by atoms with van der Waals surface area (Å²) >= 11 is 0. The van der Waals surface area contributed by atoms with Crippen LogP contribution in [0.4, 0.5) is 0 Å². The summed E-state index contributed by atoms with van der Waals surface area (Å²) in [5, 5.41) is 12.9. The van der Waals surface area contributed by atoms with Crippen molar-refractivity contribution in [2.24, 2.45) is 5.92 Å². The van der Waals surface area contributed by atoms with E-state index in [-0.39, 0.29) is 18.9 Å². The molecule has 1 unspecified atom stereocenters. The van der Waals surface area contributed by atoms with Gasteiger partial charge in [0.15, 0.2) is 0 Å². The molecule has 0 bridgehead atoms. The number of hydrogen-bond acceptors (Lipinski definition) is 4. The Kier molecular flexibility index (Phi) is 5.66. The van der Waals surface area contributed by atoms with Crippen LogP contribution in [0.15, 0.2) is 4.79 Å². The largest absolute Gasteiger partial charge is 0.388 e. The monoisotopic (exact) mass is 295 g/mol. The third-order valence-electron chi connectivity index (χ3n) is 3.30. The maximum Gasteiger partial charge on any atom is 0.345 e. The summed E-state index contributed by atoms with van der Waals surface area (Å²) in [5.41, 5.74) is 0.596. The second-order valence-electron chi connectivity index (χ2n) is 6.28. The van der Waals surface area contributed by atoms with E-state index in [0.29, 0.717) is 23.7 Å². The van der Waals surface area contributed by atoms with Gasteiger partial charge in [0.05, 0.1) is 12.0 Å². The Balaban J connectivity index is 2.65. The van der Waals surface area contributed by atoms with Gasteiger partial charge in [0.25, 0.3) is 0 Å². The van der Waals surface area contributed by atoms with Crippen molar-refractivity contribution in [3.63, 3.8) is 0 Å². The van der Waals surface area contributed by atoms with Gasteiger partial charge in [0.2, 0.25) is 5.91 Å². The van der Waals surface area contributed by atoms with Gasteiger partial charge in [-0.15, -0.1) is 0 Å². The van der Waals surface area contributed by atoms with Gasteiger partial charge in [-0.05, 0) is 33.1 Å². The zero-order valence-corrected chi connectivity index (χ0v) is 13.4. The summed E-state index contributed by atoms with van der Waals surface area (Å²) in [6.45, 7) is 9.42. The Hall–Kier alpha value is -1.69. The van der Waals surface area contributed by atoms with Crippen LogP contribution in [0, 0.1) is 19.8 Å². The van der Waals surface area contributed by atoms with Gasteiger partial charge in [-0.3, -0.25) is 4.79 Å². The van der Waals surface area contributed by atoms with Crippen LogP contribution < -0.4 is 11.0 Å². The normalized spacial score (nSPS) is 14.0. The molecule has 0 aliphatic carbocycles. The van der Waals surface area contributed by atoms with E-state index in [1.165, 1.54) is 0 Å². The molecule has 0 fully saturated rings. The molecule has 21 heavy (non-hydrogen) atoms. The van der Waals surface area contributed by atoms with E-state index in [1.807, 2.05) is 13.8 Å². The van der Waals surface area contributed by atoms with E-state index in [4.69, 9.17) is 0 Å². The number of hydrogen-bond donors (Lipinski definition) is 3. The number of aryl methyl sites for hydroxylation is 2. The average molecular weight is 295 g/mol. The maximum atomic E-state index is 12.0. The van der Waals surface area contributed by atoms with E-state index in [2.05, 4.69) is 15.3 Å². The topological polar surface area (TPSA) is 95.1 Å². The fourth-order valence-corrected chi connectivity index (χ4v) is 2.48. The van der Waals surface area contributed by atoms with E-state index in [9.17, 15) is 14.7 Å². The van der Waals surface area contributed by atoms with E-state index >= 15 is 0 Å². The molecular weight excluding hydrogens is 270 g/mol. The molecule has 0 radical (unpaired) electrons. The molecule has 1 atom stereocenters. The number of amides is 1. The molecule has 6 heteroatoms. The molecule has 0 saturated heterocycles. The van der Waals surface area contributed by atoms with Crippen LogP contribution in [-0.2, 0) is 11.2 Å². The van der Waals surface area contributed by atoms with Crippen LogP contribution in [0.1, 0.15) is 44.1 Å². The smallest absolute Gasteiger partial charge is 0.345 e. The second kappa shape index (κ2) is 6.85. The van der Waals surface area contributed by atoms with Crippen LogP contribution in [0.2, 0.25) is 0 Å². The number of carbonyl (C=O) groups excluding carboxylic acids is 1. The number of carbonyl (C=O) groups is 1. The van der Waals surface area contributed by atoms with Gasteiger partial charge >= 0.3 is 5.69 Å². The molecule has 1 aromatic rings. The minimum absolute atomic E-state index is 0.138. The van der Waals surface area contributed by atoms with Crippen LogP contribution in [0.5, 0.6) is 0 Å². The fraction of sp³-hybridized carbons (Fsp3) is 0.667. The SMILES string of the molecule is Cc1nc(=O)[nH]c(C)c1CC(=O)NCC(C)(O)CC(C)C. The van der Waals surface area contributed by atoms with Crippen molar-refractivity contribution in [1.82, 2.24) is 15.3 Å². The first-order valence-electron chi connectivity index (χ1n) is 7.16. The molecule has 0 aliphatic rings. The molecule has 118 valence electrons. The number of H-pyrrole nitrogens is 1. The maximum absolute atomic E-state index is 12.0. The molecule has 0 aromatic carbocycles. The van der Waals surface area contributed by atoms with Gasteiger partial charge in [-0.2, -0.15) is 4.98 Å². The van der Waals surface area contributed by atoms with Gasteiger partial charge in [0.1, 0.15) is 0 Å². The highest BCUT2D eigenvalue weighted by molar-refractivity contribution is 5.79. The second-order valence-corrected chi connectivity index (χ2v) is 6.28. The number of aromatic nitrogens is 2. The molecule has 1 aromatic heterocycles. The molecule has 0 aliphatic heterocycles. The first-order chi connectivity index (χ1) is 9.60. The summed E-state index contributed by atoms with van der Waals surface area (Å²) in [6.07, 6.45) is 0.755. The third-order valence-corrected chi connectivity index (χ3v) is 3.30. The third kappa shape index (κ3) is 5.67. The highest BCUT2D eigenvalue weighted by Gasteiger charge is 2.22. The Morgan fingerprint density at radius 3 is 2.57 bits per heavy atom. The van der Waals surface area contributed by atoms with Gasteiger partial charge < -0.3 is 15.4 Å². The van der Waals surface area contributed by atoms with Crippen molar-refractivity contribution >= 4 is 5.91 Å². The highest BCUT2D eigenvalue weighted by Crippen LogP contribution is 2.15. The lowest BCUT2D eigenvalue weighted by atomic mass is 9.94. The number of nitrogens with zero attached hydrogens (tertiary/aromatic N) is 1. The standard InChI is InChI=1S/C15H25N3O3/c1-9(2)7-15(5,21)8-16-13(19)6-12-10(3)17-14(20)18-11(12)4/h9,21H,6-8H2,1-5H3,(H,16,19)(H,17,18,20). The van der Waals surface area contributed by atoms with Crippen LogP contribution in [0.25, 0.3) is 0 Å². The summed E-state index contributed by atoms with van der Waals surface area (Å²) in [5.74, 6) is 0.156. The summed E-state index contributed by atoms with van der Waals surface area (Å²) in [4.78, 5) is 29.6. The van der Waals surface area contributed by atoms with Crippen LogP contribution in [-0.4, -0.2) is 33.1 Å². The molecule has 0 spiro atoms. The van der Waals surface area contributed by atoms with E-state index in [0.717, 1.165) is 5.56 Å². The van der Waals surface area contributed by atoms with Gasteiger partial charge in [0, 0.05) is 23.5 Å². The predicted octanol–water partition coefficient (Wildman–Crippen LogP) is 0.843. The Morgan fingerprint density at radius 2 is 2.05 bits per heavy atom. The predicted molar refractivity (Wildman–Crippen MR) is 81.1 cm³/mol. The van der Waals surface area contributed by atoms with Crippen molar-refractivity contribution in [3.05, 3.63) is 27.4 Å².